The first-order valence-electron chi connectivity index (χ1n) is 18.0. The lowest BCUT2D eigenvalue weighted by Gasteiger charge is -2.26. The molecule has 10 aromatic rings. The number of hydrogen-bond acceptors (Lipinski definition) is 5. The number of para-hydroxylation sites is 1. The van der Waals surface area contributed by atoms with E-state index in [2.05, 4.69) is 132 Å². The van der Waals surface area contributed by atoms with Crippen molar-refractivity contribution in [1.82, 2.24) is 15.0 Å². The third-order valence-electron chi connectivity index (χ3n) is 9.91. The van der Waals surface area contributed by atoms with E-state index in [0.717, 1.165) is 66.8 Å². The van der Waals surface area contributed by atoms with E-state index in [4.69, 9.17) is 19.4 Å². The topological polar surface area (TPSA) is 55.1 Å². The molecule has 5 nitrogen and oxygen atoms in total. The van der Waals surface area contributed by atoms with Crippen molar-refractivity contribution >= 4 is 49.8 Å². The van der Waals surface area contributed by atoms with E-state index in [9.17, 15) is 0 Å². The lowest BCUT2D eigenvalue weighted by atomic mass is 9.98. The Morgan fingerprint density at radius 1 is 0.370 bits per heavy atom. The summed E-state index contributed by atoms with van der Waals surface area (Å²) in [6, 6.07) is 66.9. The van der Waals surface area contributed by atoms with Crippen molar-refractivity contribution in [2.75, 3.05) is 4.90 Å². The second-order valence-electron chi connectivity index (χ2n) is 13.2. The third-order valence-corrected chi connectivity index (χ3v) is 9.91. The molecule has 2 aromatic heterocycles. The van der Waals surface area contributed by atoms with Crippen molar-refractivity contribution in [2.45, 2.75) is 0 Å². The Morgan fingerprint density at radius 3 is 1.61 bits per heavy atom. The summed E-state index contributed by atoms with van der Waals surface area (Å²) in [5, 5.41) is 4.53. The van der Waals surface area contributed by atoms with Gasteiger partial charge in [0.25, 0.3) is 0 Å². The number of nitrogens with zero attached hydrogens (tertiary/aromatic N) is 4. The van der Waals surface area contributed by atoms with Crippen LogP contribution in [0.5, 0.6) is 0 Å². The molecule has 0 unspecified atom stereocenters. The van der Waals surface area contributed by atoms with Gasteiger partial charge in [-0.15, -0.1) is 0 Å². The fourth-order valence-corrected chi connectivity index (χ4v) is 7.34. The zero-order valence-electron chi connectivity index (χ0n) is 29.2. The van der Waals surface area contributed by atoms with E-state index >= 15 is 0 Å². The second-order valence-corrected chi connectivity index (χ2v) is 13.2. The van der Waals surface area contributed by atoms with Crippen LogP contribution >= 0.6 is 0 Å². The number of fused-ring (bicyclic) bond motifs is 4. The standard InChI is InChI=1S/C49H32N4O/c1-4-15-35(16-5-1)47-50-48(36-17-6-2-7-18-36)52-49(51-47)37-28-26-34(27-29-37)41-23-13-25-44-46(41)42-31-30-39(32-45(42)54-44)53(38-20-8-3-9-21-38)43-24-12-19-33-14-10-11-22-40(33)43/h1-32H. The zero-order valence-corrected chi connectivity index (χ0v) is 29.2. The van der Waals surface area contributed by atoms with Gasteiger partial charge < -0.3 is 9.32 Å². The van der Waals surface area contributed by atoms with Crippen molar-refractivity contribution in [3.8, 4) is 45.3 Å². The summed E-state index contributed by atoms with van der Waals surface area (Å²) >= 11 is 0. The van der Waals surface area contributed by atoms with Crippen LogP contribution in [0.25, 0.3) is 78.0 Å². The Bertz CT molecular complexity index is 2860. The first-order valence-corrected chi connectivity index (χ1v) is 18.0. The molecule has 0 bridgehead atoms. The van der Waals surface area contributed by atoms with E-state index in [0.29, 0.717) is 17.5 Å². The molecule has 0 saturated carbocycles. The van der Waals surface area contributed by atoms with Gasteiger partial charge in [-0.1, -0.05) is 152 Å². The zero-order chi connectivity index (χ0) is 35.8. The maximum Gasteiger partial charge on any atom is 0.164 e. The minimum Gasteiger partial charge on any atom is -0.456 e. The van der Waals surface area contributed by atoms with Crippen LogP contribution in [-0.2, 0) is 0 Å². The van der Waals surface area contributed by atoms with Gasteiger partial charge in [0.1, 0.15) is 11.2 Å². The van der Waals surface area contributed by atoms with Crippen LogP contribution in [0.3, 0.4) is 0 Å². The predicted molar refractivity (Wildman–Crippen MR) is 221 cm³/mol. The van der Waals surface area contributed by atoms with Gasteiger partial charge >= 0.3 is 0 Å². The first kappa shape index (κ1) is 31.4. The molecule has 54 heavy (non-hydrogen) atoms. The summed E-state index contributed by atoms with van der Waals surface area (Å²) in [7, 11) is 0. The van der Waals surface area contributed by atoms with Crippen molar-refractivity contribution in [3.05, 3.63) is 194 Å². The lowest BCUT2D eigenvalue weighted by molar-refractivity contribution is 0.669. The van der Waals surface area contributed by atoms with Crippen LogP contribution in [0, 0.1) is 0 Å². The third kappa shape index (κ3) is 5.65. The van der Waals surface area contributed by atoms with Gasteiger partial charge in [0.2, 0.25) is 0 Å². The molecule has 0 spiro atoms. The Labute approximate surface area is 312 Å². The Balaban J connectivity index is 1.06. The average molecular weight is 693 g/mol. The highest BCUT2D eigenvalue weighted by molar-refractivity contribution is 6.13. The van der Waals surface area contributed by atoms with E-state index in [1.165, 1.54) is 10.8 Å². The van der Waals surface area contributed by atoms with Crippen molar-refractivity contribution in [3.63, 3.8) is 0 Å². The normalized spacial score (nSPS) is 11.3. The van der Waals surface area contributed by atoms with Crippen molar-refractivity contribution in [1.29, 1.82) is 0 Å². The molecule has 0 fully saturated rings. The monoisotopic (exact) mass is 692 g/mol. The molecule has 0 aliphatic carbocycles. The molecule has 5 heteroatoms. The molecule has 0 atom stereocenters. The fourth-order valence-electron chi connectivity index (χ4n) is 7.34. The van der Waals surface area contributed by atoms with Crippen LogP contribution in [0.4, 0.5) is 17.1 Å². The van der Waals surface area contributed by atoms with Gasteiger partial charge in [-0.05, 0) is 52.9 Å². The average Bonchev–Trinajstić information content (AvgIpc) is 3.63. The number of anilines is 3. The van der Waals surface area contributed by atoms with E-state index < -0.39 is 0 Å². The highest BCUT2D eigenvalue weighted by atomic mass is 16.3. The molecule has 0 saturated heterocycles. The summed E-state index contributed by atoms with van der Waals surface area (Å²) in [4.78, 5) is 17.0. The molecule has 254 valence electrons. The van der Waals surface area contributed by atoms with Gasteiger partial charge in [0.15, 0.2) is 17.5 Å². The van der Waals surface area contributed by atoms with Crippen LogP contribution < -0.4 is 4.90 Å². The maximum absolute atomic E-state index is 6.61. The molecule has 0 N–H and O–H groups in total. The number of furan rings is 1. The number of aromatic nitrogens is 3. The van der Waals surface area contributed by atoms with E-state index in [1.54, 1.807) is 0 Å². The van der Waals surface area contributed by atoms with Gasteiger partial charge in [-0.3, -0.25) is 0 Å². The minimum absolute atomic E-state index is 0.628. The highest BCUT2D eigenvalue weighted by Crippen LogP contribution is 2.43. The van der Waals surface area contributed by atoms with Crippen LogP contribution in [-0.4, -0.2) is 15.0 Å². The molecule has 0 radical (unpaired) electrons. The largest absolute Gasteiger partial charge is 0.456 e. The lowest BCUT2D eigenvalue weighted by Crippen LogP contribution is -2.10. The van der Waals surface area contributed by atoms with Crippen LogP contribution in [0.15, 0.2) is 199 Å². The Morgan fingerprint density at radius 2 is 0.926 bits per heavy atom. The van der Waals surface area contributed by atoms with Gasteiger partial charge in [0.05, 0.1) is 5.69 Å². The van der Waals surface area contributed by atoms with Gasteiger partial charge in [0, 0.05) is 50.3 Å². The second kappa shape index (κ2) is 13.3. The smallest absolute Gasteiger partial charge is 0.164 e. The predicted octanol–water partition coefficient (Wildman–Crippen LogP) is 13.1. The summed E-state index contributed by atoms with van der Waals surface area (Å²) < 4.78 is 6.61. The molecule has 0 aliphatic heterocycles. The Hall–Kier alpha value is -7.37. The summed E-state index contributed by atoms with van der Waals surface area (Å²) in [6.07, 6.45) is 0. The van der Waals surface area contributed by atoms with Crippen LogP contribution in [0.2, 0.25) is 0 Å². The molecule has 10 rings (SSSR count). The summed E-state index contributed by atoms with van der Waals surface area (Å²) in [6.45, 7) is 0. The molecule has 8 aromatic carbocycles. The highest BCUT2D eigenvalue weighted by Gasteiger charge is 2.19. The molecular formula is C49H32N4O. The summed E-state index contributed by atoms with van der Waals surface area (Å²) in [5.74, 6) is 1.91. The number of benzene rings is 8. The molecule has 0 amide bonds. The van der Waals surface area contributed by atoms with Gasteiger partial charge in [-0.25, -0.2) is 15.0 Å². The van der Waals surface area contributed by atoms with Crippen molar-refractivity contribution in [2.24, 2.45) is 0 Å². The van der Waals surface area contributed by atoms with Crippen molar-refractivity contribution < 1.29 is 4.42 Å². The first-order chi connectivity index (χ1) is 26.8. The molecule has 0 aliphatic rings. The van der Waals surface area contributed by atoms with Crippen LogP contribution in [0.1, 0.15) is 0 Å². The summed E-state index contributed by atoms with van der Waals surface area (Å²) in [5.41, 5.74) is 9.88. The molecular weight excluding hydrogens is 661 g/mol. The number of hydrogen-bond donors (Lipinski definition) is 0. The van der Waals surface area contributed by atoms with E-state index in [1.807, 2.05) is 66.7 Å². The SMILES string of the molecule is c1ccc(-c2nc(-c3ccccc3)nc(-c3ccc(-c4cccc5oc6cc(N(c7ccccc7)c7cccc8ccccc78)ccc6c45)cc3)n2)cc1. The number of rotatable bonds is 7. The fraction of sp³-hybridized carbons (Fsp3) is 0. The van der Waals surface area contributed by atoms with E-state index in [-0.39, 0.29) is 0 Å². The maximum atomic E-state index is 6.61. The Kier molecular flexibility index (Phi) is 7.73. The minimum atomic E-state index is 0.628. The quantitative estimate of drug-likeness (QED) is 0.166. The van der Waals surface area contributed by atoms with Gasteiger partial charge in [-0.2, -0.15) is 0 Å². The molecule has 2 heterocycles.